The van der Waals surface area contributed by atoms with E-state index in [1.165, 1.54) is 0 Å². The number of nitrogens with zero attached hydrogens (tertiary/aromatic N) is 1. The van der Waals surface area contributed by atoms with Crippen LogP contribution >= 0.6 is 0 Å². The van der Waals surface area contributed by atoms with Gasteiger partial charge in [0, 0.05) is 24.6 Å². The summed E-state index contributed by atoms with van der Waals surface area (Å²) < 4.78 is 0. The lowest BCUT2D eigenvalue weighted by Crippen LogP contribution is -2.52. The molecule has 0 aromatic rings. The van der Waals surface area contributed by atoms with E-state index in [0.717, 1.165) is 19.5 Å². The van der Waals surface area contributed by atoms with Crippen LogP contribution in [0, 0.1) is 11.8 Å². The fourth-order valence-corrected chi connectivity index (χ4v) is 3.70. The van der Waals surface area contributed by atoms with Crippen LogP contribution in [0.2, 0.25) is 0 Å². The van der Waals surface area contributed by atoms with E-state index in [1.807, 2.05) is 6.08 Å². The second-order valence-corrected chi connectivity index (χ2v) is 6.86. The van der Waals surface area contributed by atoms with E-state index < -0.39 is 5.97 Å². The highest BCUT2D eigenvalue weighted by Gasteiger charge is 2.36. The largest absolute Gasteiger partial charge is 0.478 e. The van der Waals surface area contributed by atoms with Gasteiger partial charge < -0.3 is 15.3 Å². The van der Waals surface area contributed by atoms with Gasteiger partial charge in [0.05, 0.1) is 0 Å². The summed E-state index contributed by atoms with van der Waals surface area (Å²) in [5, 5.41) is 12.5. The number of aliphatic carboxylic acids is 1. The van der Waals surface area contributed by atoms with Crippen LogP contribution in [0.5, 0.6) is 0 Å². The molecule has 0 saturated heterocycles. The Balaban J connectivity index is 3.08. The quantitative estimate of drug-likeness (QED) is 0.720. The molecule has 0 radical (unpaired) electrons. The summed E-state index contributed by atoms with van der Waals surface area (Å²) in [5.74, 6) is -0.0964. The molecule has 0 bridgehead atoms. The third-order valence-electron chi connectivity index (χ3n) is 4.75. The topological polar surface area (TPSA) is 69.6 Å². The molecule has 0 aromatic carbocycles. The van der Waals surface area contributed by atoms with Crippen molar-refractivity contribution in [3.8, 4) is 0 Å². The zero-order chi connectivity index (χ0) is 17.6. The second kappa shape index (κ2) is 9.06. The smallest absolute Gasteiger partial charge is 0.331 e. The average Bonchev–Trinajstić information content (AvgIpc) is 2.46. The zero-order valence-corrected chi connectivity index (χ0v) is 15.1. The Bertz CT molecular complexity index is 442. The number of amides is 1. The molecule has 1 aliphatic carbocycles. The molecule has 0 aliphatic heterocycles. The van der Waals surface area contributed by atoms with Crippen LogP contribution in [0.1, 0.15) is 53.9 Å². The minimum Gasteiger partial charge on any atom is -0.478 e. The third-order valence-corrected chi connectivity index (χ3v) is 4.75. The van der Waals surface area contributed by atoms with E-state index >= 15 is 0 Å². The number of carboxylic acid groups (broad SMARTS) is 1. The number of hydrogen-bond acceptors (Lipinski definition) is 3. The number of allylic oxidation sites excluding steroid dienone is 1. The van der Waals surface area contributed by atoms with Crippen molar-refractivity contribution < 1.29 is 14.7 Å². The van der Waals surface area contributed by atoms with Gasteiger partial charge in [0.1, 0.15) is 0 Å². The molecular weight excluding hydrogens is 292 g/mol. The first-order valence-electron chi connectivity index (χ1n) is 8.73. The fraction of sp³-hybridized carbons (Fsp3) is 0.778. The Hall–Kier alpha value is -1.36. The van der Waals surface area contributed by atoms with Crippen molar-refractivity contribution in [2.75, 3.05) is 13.1 Å². The van der Waals surface area contributed by atoms with Gasteiger partial charge in [-0.05, 0) is 44.2 Å². The van der Waals surface area contributed by atoms with Gasteiger partial charge in [-0.2, -0.15) is 0 Å². The van der Waals surface area contributed by atoms with Crippen LogP contribution in [-0.4, -0.2) is 47.1 Å². The highest BCUT2D eigenvalue weighted by Crippen LogP contribution is 2.33. The van der Waals surface area contributed by atoms with Crippen molar-refractivity contribution >= 4 is 11.9 Å². The Morgan fingerprint density at radius 2 is 1.96 bits per heavy atom. The van der Waals surface area contributed by atoms with Crippen molar-refractivity contribution in [3.05, 3.63) is 11.6 Å². The average molecular weight is 324 g/mol. The van der Waals surface area contributed by atoms with Crippen LogP contribution in [0.3, 0.4) is 0 Å². The SMILES string of the molecule is CCN(CC)[C@@H]1CC(C(=O)O)=CC[C@@H]1[C@H](CC(C)C)NC(C)=O. The number of carbonyl (C=O) groups excluding carboxylic acids is 1. The molecule has 23 heavy (non-hydrogen) atoms. The van der Waals surface area contributed by atoms with E-state index in [1.54, 1.807) is 6.92 Å². The van der Waals surface area contributed by atoms with Crippen molar-refractivity contribution in [1.29, 1.82) is 0 Å². The first-order chi connectivity index (χ1) is 10.8. The molecule has 1 amide bonds. The first-order valence-corrected chi connectivity index (χ1v) is 8.73. The van der Waals surface area contributed by atoms with E-state index in [9.17, 15) is 14.7 Å². The maximum atomic E-state index is 11.6. The molecule has 2 N–H and O–H groups in total. The van der Waals surface area contributed by atoms with Crippen LogP contribution in [0.25, 0.3) is 0 Å². The van der Waals surface area contributed by atoms with Crippen LogP contribution in [0.15, 0.2) is 11.6 Å². The lowest BCUT2D eigenvalue weighted by Gasteiger charge is -2.42. The fourth-order valence-electron chi connectivity index (χ4n) is 3.70. The van der Waals surface area contributed by atoms with E-state index in [0.29, 0.717) is 24.3 Å². The molecule has 132 valence electrons. The van der Waals surface area contributed by atoms with E-state index in [2.05, 4.69) is 37.9 Å². The number of rotatable bonds is 8. The summed E-state index contributed by atoms with van der Waals surface area (Å²) in [4.78, 5) is 25.3. The van der Waals surface area contributed by atoms with Gasteiger partial charge in [0.25, 0.3) is 0 Å². The minimum absolute atomic E-state index is 0.0121. The van der Waals surface area contributed by atoms with Crippen molar-refractivity contribution in [1.82, 2.24) is 10.2 Å². The summed E-state index contributed by atoms with van der Waals surface area (Å²) in [6.07, 6.45) is 4.02. The number of carboxylic acids is 1. The normalized spacial score (nSPS) is 22.8. The first kappa shape index (κ1) is 19.7. The monoisotopic (exact) mass is 324 g/mol. The Morgan fingerprint density at radius 3 is 2.39 bits per heavy atom. The third kappa shape index (κ3) is 5.65. The molecule has 0 aromatic heterocycles. The summed E-state index contributed by atoms with van der Waals surface area (Å²) in [7, 11) is 0. The molecule has 1 aliphatic rings. The minimum atomic E-state index is -0.819. The Kier molecular flexibility index (Phi) is 7.76. The highest BCUT2D eigenvalue weighted by atomic mass is 16.4. The number of carbonyl (C=O) groups is 2. The standard InChI is InChI=1S/C18H32N2O3/c1-6-20(7-2)17-11-14(18(22)23)8-9-15(17)16(10-12(3)4)19-13(5)21/h8,12,15-17H,6-7,9-11H2,1-5H3,(H,19,21)(H,22,23)/t15-,16+,17-/m1/s1. The van der Waals surface area contributed by atoms with Crippen LogP contribution in [0.4, 0.5) is 0 Å². The lowest BCUT2D eigenvalue weighted by atomic mass is 9.77. The number of hydrogen-bond donors (Lipinski definition) is 2. The molecular formula is C18H32N2O3. The molecule has 5 heteroatoms. The summed E-state index contributed by atoms with van der Waals surface area (Å²) in [6, 6.07) is 0.251. The van der Waals surface area contributed by atoms with E-state index in [-0.39, 0.29) is 23.9 Å². The van der Waals surface area contributed by atoms with Crippen molar-refractivity contribution in [2.24, 2.45) is 11.8 Å². The van der Waals surface area contributed by atoms with Crippen LogP contribution < -0.4 is 5.32 Å². The summed E-state index contributed by atoms with van der Waals surface area (Å²) >= 11 is 0. The summed E-state index contributed by atoms with van der Waals surface area (Å²) in [6.45, 7) is 11.9. The number of nitrogens with one attached hydrogen (secondary N) is 1. The summed E-state index contributed by atoms with van der Waals surface area (Å²) in [5.41, 5.74) is 0.504. The van der Waals surface area contributed by atoms with Crippen molar-refractivity contribution in [3.63, 3.8) is 0 Å². The molecule has 0 unspecified atom stereocenters. The van der Waals surface area contributed by atoms with Crippen molar-refractivity contribution in [2.45, 2.75) is 66.0 Å². The maximum Gasteiger partial charge on any atom is 0.331 e. The predicted molar refractivity (Wildman–Crippen MR) is 92.2 cm³/mol. The molecule has 0 spiro atoms. The molecule has 0 saturated carbocycles. The van der Waals surface area contributed by atoms with Gasteiger partial charge in [-0.25, -0.2) is 4.79 Å². The highest BCUT2D eigenvalue weighted by molar-refractivity contribution is 5.86. The Labute approximate surface area is 140 Å². The molecule has 0 heterocycles. The maximum absolute atomic E-state index is 11.6. The van der Waals surface area contributed by atoms with Gasteiger partial charge in [-0.15, -0.1) is 0 Å². The lowest BCUT2D eigenvalue weighted by molar-refractivity contribution is -0.133. The predicted octanol–water partition coefficient (Wildman–Crippen LogP) is 2.67. The zero-order valence-electron chi connectivity index (χ0n) is 15.1. The van der Waals surface area contributed by atoms with Gasteiger partial charge in [-0.1, -0.05) is 33.8 Å². The second-order valence-electron chi connectivity index (χ2n) is 6.86. The van der Waals surface area contributed by atoms with Gasteiger partial charge in [0.15, 0.2) is 0 Å². The van der Waals surface area contributed by atoms with Gasteiger partial charge in [-0.3, -0.25) is 4.79 Å². The molecule has 1 rings (SSSR count). The Morgan fingerprint density at radius 1 is 1.35 bits per heavy atom. The molecule has 0 fully saturated rings. The van der Waals surface area contributed by atoms with Crippen LogP contribution in [-0.2, 0) is 9.59 Å². The van der Waals surface area contributed by atoms with Gasteiger partial charge >= 0.3 is 5.97 Å². The molecule has 5 nitrogen and oxygen atoms in total. The van der Waals surface area contributed by atoms with Gasteiger partial charge in [0.2, 0.25) is 5.91 Å². The van der Waals surface area contributed by atoms with E-state index in [4.69, 9.17) is 0 Å². The molecule has 3 atom stereocenters.